The molecule has 3 rings (SSSR count). The Kier molecular flexibility index (Phi) is 2.13. The summed E-state index contributed by atoms with van der Waals surface area (Å²) in [7, 11) is 2.07. The summed E-state index contributed by atoms with van der Waals surface area (Å²) in [5.74, 6) is 1.04. The van der Waals surface area contributed by atoms with Gasteiger partial charge in [-0.05, 0) is 30.5 Å². The number of nitrogens with zero attached hydrogens (tertiary/aromatic N) is 1. The predicted molar refractivity (Wildman–Crippen MR) is 62.5 cm³/mol. The number of ether oxygens (including phenoxy) is 1. The number of Topliss-reactive ketones (excluding diaryl/α,β-unsaturated/α-hetero) is 1. The number of rotatable bonds is 0. The van der Waals surface area contributed by atoms with Crippen molar-refractivity contribution in [1.29, 1.82) is 0 Å². The van der Waals surface area contributed by atoms with Crippen LogP contribution in [-0.4, -0.2) is 26.0 Å². The first-order valence-electron chi connectivity index (χ1n) is 5.80. The Morgan fingerprint density at radius 3 is 3.06 bits per heavy atom. The van der Waals surface area contributed by atoms with Crippen molar-refractivity contribution in [2.24, 2.45) is 0 Å². The zero-order valence-corrected chi connectivity index (χ0v) is 9.45. The molecule has 0 radical (unpaired) electrons. The molecular weight excluding hydrogens is 202 g/mol. The summed E-state index contributed by atoms with van der Waals surface area (Å²) in [4.78, 5) is 14.3. The van der Waals surface area contributed by atoms with Gasteiger partial charge in [0.2, 0.25) is 0 Å². The van der Waals surface area contributed by atoms with Crippen molar-refractivity contribution in [1.82, 2.24) is 0 Å². The van der Waals surface area contributed by atoms with Gasteiger partial charge in [-0.25, -0.2) is 0 Å². The predicted octanol–water partition coefficient (Wildman–Crippen LogP) is 2.03. The third kappa shape index (κ3) is 1.31. The molecule has 16 heavy (non-hydrogen) atoms. The molecule has 1 aromatic carbocycles. The van der Waals surface area contributed by atoms with Crippen LogP contribution in [0.5, 0.6) is 5.75 Å². The lowest BCUT2D eigenvalue weighted by atomic mass is 9.98. The van der Waals surface area contributed by atoms with Gasteiger partial charge >= 0.3 is 0 Å². The van der Waals surface area contributed by atoms with Gasteiger partial charge in [0.05, 0.1) is 12.2 Å². The number of likely N-dealkylation sites (N-methyl/N-ethyl adjacent to an activating group) is 1. The topological polar surface area (TPSA) is 29.5 Å². The molecule has 2 aliphatic heterocycles. The number of hydrogen-bond acceptors (Lipinski definition) is 3. The van der Waals surface area contributed by atoms with Crippen LogP contribution >= 0.6 is 0 Å². The summed E-state index contributed by atoms with van der Waals surface area (Å²) in [6.45, 7) is 1.66. The number of carbonyl (C=O) groups excluding carboxylic acids is 1. The van der Waals surface area contributed by atoms with E-state index >= 15 is 0 Å². The van der Waals surface area contributed by atoms with E-state index in [1.165, 1.54) is 11.3 Å². The second kappa shape index (κ2) is 3.51. The molecule has 2 aliphatic rings. The van der Waals surface area contributed by atoms with E-state index in [9.17, 15) is 4.79 Å². The molecule has 0 unspecified atom stereocenters. The number of carbonyl (C=O) groups is 1. The molecular formula is C13H15NO2. The molecule has 3 heteroatoms. The Bertz CT molecular complexity index is 453. The van der Waals surface area contributed by atoms with E-state index in [0.717, 1.165) is 30.7 Å². The SMILES string of the molecule is CN1CCc2c1ccc1c2C(=O)CCCO1. The van der Waals surface area contributed by atoms with Gasteiger partial charge in [0.1, 0.15) is 5.75 Å². The van der Waals surface area contributed by atoms with Crippen LogP contribution in [0.1, 0.15) is 28.8 Å². The Labute approximate surface area is 95.0 Å². The molecule has 0 aromatic heterocycles. The number of benzene rings is 1. The van der Waals surface area contributed by atoms with Crippen molar-refractivity contribution < 1.29 is 9.53 Å². The summed E-state index contributed by atoms with van der Waals surface area (Å²) in [6.07, 6.45) is 2.41. The van der Waals surface area contributed by atoms with Crippen LogP contribution in [0.25, 0.3) is 0 Å². The fourth-order valence-corrected chi connectivity index (χ4v) is 2.59. The Balaban J connectivity index is 2.19. The first-order chi connectivity index (χ1) is 7.77. The fraction of sp³-hybridized carbons (Fsp3) is 0.462. The van der Waals surface area contributed by atoms with E-state index in [0.29, 0.717) is 13.0 Å². The van der Waals surface area contributed by atoms with Crippen molar-refractivity contribution in [2.75, 3.05) is 25.1 Å². The van der Waals surface area contributed by atoms with Crippen LogP contribution in [0.15, 0.2) is 12.1 Å². The number of anilines is 1. The summed E-state index contributed by atoms with van der Waals surface area (Å²) in [5.41, 5.74) is 3.23. The average Bonchev–Trinajstić information content (AvgIpc) is 2.54. The van der Waals surface area contributed by atoms with Crippen molar-refractivity contribution in [3.8, 4) is 5.75 Å². The second-order valence-electron chi connectivity index (χ2n) is 4.48. The fourth-order valence-electron chi connectivity index (χ4n) is 2.59. The van der Waals surface area contributed by atoms with Gasteiger partial charge < -0.3 is 9.64 Å². The highest BCUT2D eigenvalue weighted by Crippen LogP contribution is 2.37. The smallest absolute Gasteiger partial charge is 0.167 e. The monoisotopic (exact) mass is 217 g/mol. The van der Waals surface area contributed by atoms with Crippen molar-refractivity contribution >= 4 is 11.5 Å². The minimum atomic E-state index is 0.250. The highest BCUT2D eigenvalue weighted by molar-refractivity contribution is 6.02. The molecule has 0 N–H and O–H groups in total. The summed E-state index contributed by atoms with van der Waals surface area (Å²) in [6, 6.07) is 4.01. The first-order valence-corrected chi connectivity index (χ1v) is 5.80. The number of fused-ring (bicyclic) bond motifs is 3. The Morgan fingerprint density at radius 2 is 2.19 bits per heavy atom. The molecule has 0 spiro atoms. The van der Waals surface area contributed by atoms with Gasteiger partial charge in [0.25, 0.3) is 0 Å². The normalized spacial score (nSPS) is 18.8. The lowest BCUT2D eigenvalue weighted by Gasteiger charge is -2.14. The van der Waals surface area contributed by atoms with Gasteiger partial charge in [-0.1, -0.05) is 0 Å². The van der Waals surface area contributed by atoms with Crippen molar-refractivity contribution in [3.05, 3.63) is 23.3 Å². The second-order valence-corrected chi connectivity index (χ2v) is 4.48. The average molecular weight is 217 g/mol. The van der Waals surface area contributed by atoms with Crippen molar-refractivity contribution in [3.63, 3.8) is 0 Å². The lowest BCUT2D eigenvalue weighted by molar-refractivity contribution is 0.0982. The summed E-state index contributed by atoms with van der Waals surface area (Å²) < 4.78 is 5.64. The van der Waals surface area contributed by atoms with Crippen LogP contribution in [0.4, 0.5) is 5.69 Å². The maximum atomic E-state index is 12.1. The van der Waals surface area contributed by atoms with Gasteiger partial charge in [-0.15, -0.1) is 0 Å². The quantitative estimate of drug-likeness (QED) is 0.666. The van der Waals surface area contributed by atoms with E-state index in [1.54, 1.807) is 0 Å². The van der Waals surface area contributed by atoms with E-state index in [1.807, 2.05) is 6.07 Å². The number of hydrogen-bond donors (Lipinski definition) is 0. The zero-order chi connectivity index (χ0) is 11.1. The number of ketones is 1. The summed E-state index contributed by atoms with van der Waals surface area (Å²) in [5, 5.41) is 0. The van der Waals surface area contributed by atoms with Gasteiger partial charge in [0, 0.05) is 25.7 Å². The molecule has 0 amide bonds. The van der Waals surface area contributed by atoms with Crippen LogP contribution in [0, 0.1) is 0 Å². The molecule has 0 bridgehead atoms. The molecule has 0 fully saturated rings. The van der Waals surface area contributed by atoms with E-state index in [4.69, 9.17) is 4.74 Å². The van der Waals surface area contributed by atoms with Gasteiger partial charge in [-0.2, -0.15) is 0 Å². The molecule has 1 aromatic rings. The van der Waals surface area contributed by atoms with E-state index < -0.39 is 0 Å². The third-order valence-corrected chi connectivity index (χ3v) is 3.44. The molecule has 3 nitrogen and oxygen atoms in total. The largest absolute Gasteiger partial charge is 0.493 e. The molecule has 0 aliphatic carbocycles. The van der Waals surface area contributed by atoms with Crippen LogP contribution < -0.4 is 9.64 Å². The van der Waals surface area contributed by atoms with E-state index in [2.05, 4.69) is 18.0 Å². The van der Waals surface area contributed by atoms with E-state index in [-0.39, 0.29) is 5.78 Å². The van der Waals surface area contributed by atoms with Gasteiger partial charge in [0.15, 0.2) is 5.78 Å². The van der Waals surface area contributed by atoms with Crippen LogP contribution in [0.3, 0.4) is 0 Å². The molecule has 0 saturated carbocycles. The van der Waals surface area contributed by atoms with Crippen LogP contribution in [-0.2, 0) is 6.42 Å². The Morgan fingerprint density at radius 1 is 1.31 bits per heavy atom. The molecule has 0 saturated heterocycles. The highest BCUT2D eigenvalue weighted by atomic mass is 16.5. The van der Waals surface area contributed by atoms with Crippen LogP contribution in [0.2, 0.25) is 0 Å². The molecule has 2 heterocycles. The Hall–Kier alpha value is -1.51. The third-order valence-electron chi connectivity index (χ3n) is 3.44. The molecule has 84 valence electrons. The molecule has 0 atom stereocenters. The maximum absolute atomic E-state index is 12.1. The minimum absolute atomic E-state index is 0.250. The minimum Gasteiger partial charge on any atom is -0.493 e. The zero-order valence-electron chi connectivity index (χ0n) is 9.45. The maximum Gasteiger partial charge on any atom is 0.167 e. The first kappa shape index (κ1) is 9.70. The standard InChI is InChI=1S/C13H15NO2/c1-14-7-6-9-10(14)4-5-12-13(9)11(15)3-2-8-16-12/h4-5H,2-3,6-8H2,1H3. The summed E-state index contributed by atoms with van der Waals surface area (Å²) >= 11 is 0. The van der Waals surface area contributed by atoms with Crippen molar-refractivity contribution in [2.45, 2.75) is 19.3 Å². The lowest BCUT2D eigenvalue weighted by Crippen LogP contribution is -2.12. The highest BCUT2D eigenvalue weighted by Gasteiger charge is 2.27. The van der Waals surface area contributed by atoms with Gasteiger partial charge in [-0.3, -0.25) is 4.79 Å².